The molecule has 0 aliphatic carbocycles. The Morgan fingerprint density at radius 1 is 1.20 bits per heavy atom. The van der Waals surface area contributed by atoms with Crippen LogP contribution in [0.25, 0.3) is 0 Å². The van der Waals surface area contributed by atoms with Crippen LogP contribution in [0, 0.1) is 5.92 Å². The highest BCUT2D eigenvalue weighted by Crippen LogP contribution is 2.17. The number of hydrogen-bond donors (Lipinski definition) is 3. The summed E-state index contributed by atoms with van der Waals surface area (Å²) in [5, 5.41) is 14.5. The summed E-state index contributed by atoms with van der Waals surface area (Å²) in [6.07, 6.45) is 1.79. The predicted octanol–water partition coefficient (Wildman–Crippen LogP) is 0.731. The summed E-state index contributed by atoms with van der Waals surface area (Å²) < 4.78 is 5.29. The predicted molar refractivity (Wildman–Crippen MR) is 90.9 cm³/mol. The van der Waals surface area contributed by atoms with E-state index in [-0.39, 0.29) is 31.2 Å². The lowest BCUT2D eigenvalue weighted by Crippen LogP contribution is -2.48. The summed E-state index contributed by atoms with van der Waals surface area (Å²) in [5.41, 5.74) is 0.896. The van der Waals surface area contributed by atoms with E-state index in [1.165, 1.54) is 0 Å². The number of carbonyl (C=O) groups is 3. The molecule has 1 aromatic carbocycles. The monoisotopic (exact) mass is 348 g/mol. The Bertz CT molecular complexity index is 584. The summed E-state index contributed by atoms with van der Waals surface area (Å²) in [5.74, 6) is -1.84. The van der Waals surface area contributed by atoms with Crippen molar-refractivity contribution in [2.75, 3.05) is 19.8 Å². The van der Waals surface area contributed by atoms with Gasteiger partial charge in [-0.3, -0.25) is 9.59 Å². The van der Waals surface area contributed by atoms with Gasteiger partial charge in [-0.25, -0.2) is 4.79 Å². The quantitative estimate of drug-likeness (QED) is 0.642. The van der Waals surface area contributed by atoms with Gasteiger partial charge >= 0.3 is 5.97 Å². The van der Waals surface area contributed by atoms with Crippen molar-refractivity contribution in [1.29, 1.82) is 0 Å². The van der Waals surface area contributed by atoms with Crippen molar-refractivity contribution in [2.45, 2.75) is 31.7 Å². The molecule has 0 saturated carbocycles. The molecule has 1 fully saturated rings. The molecule has 1 aliphatic heterocycles. The van der Waals surface area contributed by atoms with E-state index in [0.29, 0.717) is 19.6 Å². The summed E-state index contributed by atoms with van der Waals surface area (Å²) >= 11 is 0. The molecule has 136 valence electrons. The van der Waals surface area contributed by atoms with Crippen molar-refractivity contribution in [2.24, 2.45) is 5.92 Å². The zero-order chi connectivity index (χ0) is 18.1. The van der Waals surface area contributed by atoms with Gasteiger partial charge in [0.25, 0.3) is 0 Å². The first-order chi connectivity index (χ1) is 12.1. The molecule has 2 amide bonds. The van der Waals surface area contributed by atoms with Crippen molar-refractivity contribution < 1.29 is 24.2 Å². The first-order valence-corrected chi connectivity index (χ1v) is 8.47. The summed E-state index contributed by atoms with van der Waals surface area (Å²) in [7, 11) is 0. The minimum atomic E-state index is -1.06. The molecule has 2 atom stereocenters. The average Bonchev–Trinajstić information content (AvgIpc) is 2.61. The second-order valence-electron chi connectivity index (χ2n) is 6.12. The molecule has 3 N–H and O–H groups in total. The van der Waals surface area contributed by atoms with Gasteiger partial charge in [0, 0.05) is 25.5 Å². The van der Waals surface area contributed by atoms with Crippen molar-refractivity contribution in [3.63, 3.8) is 0 Å². The number of aliphatic carboxylic acids is 1. The number of amides is 2. The van der Waals surface area contributed by atoms with Crippen LogP contribution in [0.15, 0.2) is 30.3 Å². The Kier molecular flexibility index (Phi) is 7.40. The van der Waals surface area contributed by atoms with E-state index in [4.69, 9.17) is 4.74 Å². The summed E-state index contributed by atoms with van der Waals surface area (Å²) in [4.78, 5) is 35.2. The number of carbonyl (C=O) groups excluding carboxylic acids is 2. The summed E-state index contributed by atoms with van der Waals surface area (Å²) in [6, 6.07) is 8.36. The molecule has 2 rings (SSSR count). The van der Waals surface area contributed by atoms with Crippen LogP contribution in [0.5, 0.6) is 0 Å². The van der Waals surface area contributed by atoms with Gasteiger partial charge in [-0.2, -0.15) is 0 Å². The molecule has 0 radical (unpaired) electrons. The maximum atomic E-state index is 12.0. The van der Waals surface area contributed by atoms with Crippen molar-refractivity contribution >= 4 is 17.8 Å². The van der Waals surface area contributed by atoms with Gasteiger partial charge in [-0.15, -0.1) is 0 Å². The first kappa shape index (κ1) is 18.9. The van der Waals surface area contributed by atoms with E-state index < -0.39 is 17.9 Å². The summed E-state index contributed by atoms with van der Waals surface area (Å²) in [6.45, 7) is 1.14. The second-order valence-corrected chi connectivity index (χ2v) is 6.12. The molecule has 7 heteroatoms. The molecule has 25 heavy (non-hydrogen) atoms. The average molecular weight is 348 g/mol. The Labute approximate surface area is 146 Å². The van der Waals surface area contributed by atoms with Crippen LogP contribution in [-0.4, -0.2) is 48.7 Å². The molecular weight excluding hydrogens is 324 g/mol. The Morgan fingerprint density at radius 3 is 2.60 bits per heavy atom. The minimum Gasteiger partial charge on any atom is -0.480 e. The van der Waals surface area contributed by atoms with Crippen LogP contribution in [-0.2, 0) is 25.5 Å². The zero-order valence-electron chi connectivity index (χ0n) is 14.1. The van der Waals surface area contributed by atoms with Crippen molar-refractivity contribution in [3.8, 4) is 0 Å². The maximum Gasteiger partial charge on any atom is 0.326 e. The third kappa shape index (κ3) is 6.54. The fraction of sp³-hybridized carbons (Fsp3) is 0.500. The van der Waals surface area contributed by atoms with E-state index >= 15 is 0 Å². The van der Waals surface area contributed by atoms with Gasteiger partial charge in [0.2, 0.25) is 11.8 Å². The van der Waals surface area contributed by atoms with Gasteiger partial charge in [-0.1, -0.05) is 30.3 Å². The highest BCUT2D eigenvalue weighted by molar-refractivity contribution is 5.84. The van der Waals surface area contributed by atoms with Gasteiger partial charge in [-0.05, 0) is 18.4 Å². The third-order valence-corrected chi connectivity index (χ3v) is 4.13. The molecule has 7 nitrogen and oxygen atoms in total. The van der Waals surface area contributed by atoms with Crippen LogP contribution in [0.2, 0.25) is 0 Å². The molecular formula is C18H24N2O5. The molecule has 1 aromatic rings. The normalized spacial score (nSPS) is 18.2. The Balaban J connectivity index is 1.71. The number of nitrogens with one attached hydrogen (secondary N) is 2. The van der Waals surface area contributed by atoms with Crippen LogP contribution in [0.4, 0.5) is 0 Å². The molecule has 0 spiro atoms. The fourth-order valence-electron chi connectivity index (χ4n) is 2.81. The largest absolute Gasteiger partial charge is 0.480 e. The highest BCUT2D eigenvalue weighted by atomic mass is 16.5. The van der Waals surface area contributed by atoms with Gasteiger partial charge in [0.1, 0.15) is 6.04 Å². The lowest BCUT2D eigenvalue weighted by molar-refractivity contribution is -0.145. The number of ether oxygens (including phenoxy) is 1. The molecule has 0 aromatic heterocycles. The van der Waals surface area contributed by atoms with Crippen molar-refractivity contribution in [3.05, 3.63) is 35.9 Å². The van der Waals surface area contributed by atoms with Gasteiger partial charge in [0.15, 0.2) is 0 Å². The van der Waals surface area contributed by atoms with Crippen molar-refractivity contribution in [1.82, 2.24) is 10.6 Å². The standard InChI is InChI=1S/C18H24N2O5/c21-15(20-17(18(23)24)14-7-4-10-25-12-14)8-9-19-16(22)11-13-5-2-1-3-6-13/h1-3,5-6,14,17H,4,7-12H2,(H,19,22)(H,20,21)(H,23,24). The van der Waals surface area contributed by atoms with E-state index in [1.54, 1.807) is 0 Å². The molecule has 1 saturated heterocycles. The number of hydrogen-bond acceptors (Lipinski definition) is 4. The lowest BCUT2D eigenvalue weighted by Gasteiger charge is -2.28. The van der Waals surface area contributed by atoms with E-state index in [2.05, 4.69) is 10.6 Å². The smallest absolute Gasteiger partial charge is 0.326 e. The van der Waals surface area contributed by atoms with E-state index in [9.17, 15) is 19.5 Å². The van der Waals surface area contributed by atoms with Gasteiger partial charge < -0.3 is 20.5 Å². The zero-order valence-corrected chi connectivity index (χ0v) is 14.1. The number of carboxylic acid groups (broad SMARTS) is 1. The Hall–Kier alpha value is -2.41. The van der Waals surface area contributed by atoms with Crippen LogP contribution >= 0.6 is 0 Å². The van der Waals surface area contributed by atoms with Gasteiger partial charge in [0.05, 0.1) is 13.0 Å². The SMILES string of the molecule is O=C(Cc1ccccc1)NCCC(=O)NC(C(=O)O)C1CCCOC1. The Morgan fingerprint density at radius 2 is 1.96 bits per heavy atom. The number of carboxylic acids is 1. The molecule has 1 heterocycles. The maximum absolute atomic E-state index is 12.0. The highest BCUT2D eigenvalue weighted by Gasteiger charge is 2.31. The number of benzene rings is 1. The minimum absolute atomic E-state index is 0.0396. The number of rotatable bonds is 8. The van der Waals surface area contributed by atoms with Crippen LogP contribution in [0.1, 0.15) is 24.8 Å². The fourth-order valence-corrected chi connectivity index (χ4v) is 2.81. The molecule has 1 aliphatic rings. The molecule has 2 unspecified atom stereocenters. The van der Waals surface area contributed by atoms with Crippen LogP contribution < -0.4 is 10.6 Å². The third-order valence-electron chi connectivity index (χ3n) is 4.13. The second kappa shape index (κ2) is 9.78. The van der Waals surface area contributed by atoms with E-state index in [1.807, 2.05) is 30.3 Å². The lowest BCUT2D eigenvalue weighted by atomic mass is 9.93. The molecule has 0 bridgehead atoms. The van der Waals surface area contributed by atoms with Crippen LogP contribution in [0.3, 0.4) is 0 Å². The topological polar surface area (TPSA) is 105 Å². The van der Waals surface area contributed by atoms with E-state index in [0.717, 1.165) is 12.0 Å². The first-order valence-electron chi connectivity index (χ1n) is 8.47.